The number of ether oxygens (including phenoxy) is 1. The van der Waals surface area contributed by atoms with Gasteiger partial charge in [0.2, 0.25) is 0 Å². The molecule has 1 aliphatic heterocycles. The van der Waals surface area contributed by atoms with E-state index in [0.717, 1.165) is 12.4 Å². The third kappa shape index (κ3) is 3.50. The summed E-state index contributed by atoms with van der Waals surface area (Å²) in [5, 5.41) is 10.7. The number of carboxylic acids is 1. The highest BCUT2D eigenvalue weighted by Gasteiger charge is 2.31. The summed E-state index contributed by atoms with van der Waals surface area (Å²) in [6, 6.07) is 6.56. The largest absolute Gasteiger partial charge is 0.492 e. The molecule has 0 amide bonds. The van der Waals surface area contributed by atoms with Crippen LogP contribution in [0.2, 0.25) is 0 Å². The summed E-state index contributed by atoms with van der Waals surface area (Å²) in [5.74, 6) is -2.55. The molecule has 0 aliphatic carbocycles. The summed E-state index contributed by atoms with van der Waals surface area (Å²) in [7, 11) is 0. The molecule has 3 aromatic heterocycles. The topological polar surface area (TPSA) is 130 Å². The molecule has 9 nitrogen and oxygen atoms in total. The Bertz CT molecular complexity index is 1870. The first-order valence-electron chi connectivity index (χ1n) is 11.4. The number of carboxylic acid groups (broad SMARTS) is 1. The maximum Gasteiger partial charge on any atom is 0.353 e. The Balaban J connectivity index is 1.72. The van der Waals surface area contributed by atoms with Gasteiger partial charge in [-0.3, -0.25) is 9.59 Å². The molecule has 1 aliphatic rings. The van der Waals surface area contributed by atoms with E-state index in [0.29, 0.717) is 19.4 Å². The summed E-state index contributed by atoms with van der Waals surface area (Å²) >= 11 is 0. The van der Waals surface area contributed by atoms with E-state index < -0.39 is 28.7 Å². The number of fused-ring (bicyclic) bond motifs is 4. The first-order valence-corrected chi connectivity index (χ1v) is 11.4. The second-order valence-electron chi connectivity index (χ2n) is 8.73. The number of aromatic amines is 2. The van der Waals surface area contributed by atoms with Crippen molar-refractivity contribution in [2.45, 2.75) is 19.4 Å². The predicted octanol–water partition coefficient (Wildman–Crippen LogP) is 3.58. The van der Waals surface area contributed by atoms with Gasteiger partial charge in [-0.2, -0.15) is 0 Å². The lowest BCUT2D eigenvalue weighted by Crippen LogP contribution is -2.14. The van der Waals surface area contributed by atoms with Crippen LogP contribution in [0.15, 0.2) is 52.4 Å². The minimum atomic E-state index is -1.40. The van der Waals surface area contributed by atoms with E-state index >= 15 is 8.78 Å². The minimum Gasteiger partial charge on any atom is -0.492 e. The van der Waals surface area contributed by atoms with Gasteiger partial charge < -0.3 is 24.4 Å². The number of pyridine rings is 1. The van der Waals surface area contributed by atoms with E-state index in [1.165, 1.54) is 29.0 Å². The smallest absolute Gasteiger partial charge is 0.353 e. The molecule has 0 unspecified atom stereocenters. The van der Waals surface area contributed by atoms with Crippen molar-refractivity contribution >= 4 is 27.8 Å². The van der Waals surface area contributed by atoms with E-state index in [1.807, 2.05) is 0 Å². The molecule has 0 radical (unpaired) electrons. The van der Waals surface area contributed by atoms with Crippen LogP contribution < -0.4 is 15.9 Å². The Hall–Kier alpha value is -4.80. The Kier molecular flexibility index (Phi) is 5.14. The fourth-order valence-corrected chi connectivity index (χ4v) is 4.99. The zero-order valence-corrected chi connectivity index (χ0v) is 19.1. The molecule has 0 atom stereocenters. The van der Waals surface area contributed by atoms with Crippen molar-refractivity contribution in [1.82, 2.24) is 19.5 Å². The van der Waals surface area contributed by atoms with Crippen LogP contribution in [-0.2, 0) is 13.0 Å². The molecule has 3 N–H and O–H groups in total. The highest BCUT2D eigenvalue weighted by atomic mass is 19.1. The predicted molar refractivity (Wildman–Crippen MR) is 130 cm³/mol. The lowest BCUT2D eigenvalue weighted by molar-refractivity contribution is 0.0687. The van der Waals surface area contributed by atoms with Crippen molar-refractivity contribution in [3.05, 3.63) is 92.0 Å². The average molecular weight is 504 g/mol. The molecular weight excluding hydrogens is 486 g/mol. The monoisotopic (exact) mass is 504 g/mol. The summed E-state index contributed by atoms with van der Waals surface area (Å²) in [6.45, 7) is -0.0734. The number of H-pyrrole nitrogens is 2. The van der Waals surface area contributed by atoms with Crippen molar-refractivity contribution in [3.63, 3.8) is 0 Å². The van der Waals surface area contributed by atoms with Gasteiger partial charge in [0.05, 0.1) is 46.8 Å². The number of rotatable bonds is 4. The van der Waals surface area contributed by atoms with Gasteiger partial charge in [-0.25, -0.2) is 18.6 Å². The number of aromatic nitrogens is 4. The van der Waals surface area contributed by atoms with Crippen LogP contribution in [0.4, 0.5) is 8.78 Å². The molecule has 5 aromatic rings. The van der Waals surface area contributed by atoms with Gasteiger partial charge >= 0.3 is 5.97 Å². The highest BCUT2D eigenvalue weighted by Crippen LogP contribution is 2.44. The minimum absolute atomic E-state index is 0.0158. The van der Waals surface area contributed by atoms with Gasteiger partial charge in [0.25, 0.3) is 11.1 Å². The second-order valence-corrected chi connectivity index (χ2v) is 8.73. The van der Waals surface area contributed by atoms with Crippen molar-refractivity contribution in [2.24, 2.45) is 0 Å². The van der Waals surface area contributed by atoms with E-state index in [9.17, 15) is 19.5 Å². The number of hydrogen-bond acceptors (Lipinski definition) is 5. The second kappa shape index (κ2) is 8.40. The van der Waals surface area contributed by atoms with Crippen LogP contribution in [0.5, 0.6) is 5.75 Å². The van der Waals surface area contributed by atoms with Crippen molar-refractivity contribution in [1.29, 1.82) is 0 Å². The number of halogens is 2. The number of benzene rings is 2. The Morgan fingerprint density at radius 3 is 2.76 bits per heavy atom. The van der Waals surface area contributed by atoms with Gasteiger partial charge in [-0.15, -0.1) is 0 Å². The molecule has 0 spiro atoms. The first kappa shape index (κ1) is 22.7. The highest BCUT2D eigenvalue weighted by molar-refractivity contribution is 6.11. The molecule has 0 bridgehead atoms. The summed E-state index contributed by atoms with van der Waals surface area (Å²) in [6.07, 6.45) is 3.52. The Labute approximate surface area is 206 Å². The summed E-state index contributed by atoms with van der Waals surface area (Å²) in [5.41, 5.74) is -0.768. The third-order valence-electron chi connectivity index (χ3n) is 6.60. The van der Waals surface area contributed by atoms with Crippen LogP contribution in [0.25, 0.3) is 32.9 Å². The number of carbonyl (C=O) groups is 1. The van der Waals surface area contributed by atoms with Gasteiger partial charge in [-0.1, -0.05) is 0 Å². The van der Waals surface area contributed by atoms with E-state index in [1.54, 1.807) is 6.07 Å². The van der Waals surface area contributed by atoms with E-state index in [4.69, 9.17) is 4.74 Å². The molecule has 0 saturated heterocycles. The van der Waals surface area contributed by atoms with Gasteiger partial charge in [0.1, 0.15) is 23.1 Å². The van der Waals surface area contributed by atoms with Gasteiger partial charge in [0, 0.05) is 29.0 Å². The average Bonchev–Trinajstić information content (AvgIpc) is 3.19. The van der Waals surface area contributed by atoms with Gasteiger partial charge in [-0.05, 0) is 37.1 Å². The SMILES string of the molecule is O=C(O)c1c(-c2ccc[nH]c2=O)c2c3c(c(F)cc2n1Cc1cc2c(=O)[nH]cnc2cc1F)CCCO3. The fraction of sp³-hybridized carbons (Fsp3) is 0.154. The molecule has 0 saturated carbocycles. The zero-order valence-electron chi connectivity index (χ0n) is 19.1. The fourth-order valence-electron chi connectivity index (χ4n) is 4.99. The van der Waals surface area contributed by atoms with Crippen LogP contribution >= 0.6 is 0 Å². The standard InChI is InChI=1S/C26H18F2N4O5/c27-16-8-18-15(25(34)31-11-30-18)7-12(16)10-32-19-9-17(28)13-4-2-6-37-23(13)21(19)20(22(32)26(35)36)14-3-1-5-29-24(14)33/h1,3,5,7-9,11H,2,4,6,10H2,(H,29,33)(H,35,36)(H,30,31,34). The number of nitrogens with one attached hydrogen (secondary N) is 2. The Morgan fingerprint density at radius 2 is 1.97 bits per heavy atom. The number of aromatic carboxylic acids is 1. The van der Waals surface area contributed by atoms with Crippen LogP contribution in [0, 0.1) is 11.6 Å². The van der Waals surface area contributed by atoms with Gasteiger partial charge in [0.15, 0.2) is 0 Å². The first-order chi connectivity index (χ1) is 17.8. The quantitative estimate of drug-likeness (QED) is 0.343. The molecule has 0 fully saturated rings. The van der Waals surface area contributed by atoms with Crippen molar-refractivity contribution in [3.8, 4) is 16.9 Å². The zero-order chi connectivity index (χ0) is 25.8. The Morgan fingerprint density at radius 1 is 1.14 bits per heavy atom. The van der Waals surface area contributed by atoms with Crippen molar-refractivity contribution in [2.75, 3.05) is 6.61 Å². The van der Waals surface area contributed by atoms with Crippen LogP contribution in [-0.4, -0.2) is 37.2 Å². The number of nitrogens with zero attached hydrogens (tertiary/aromatic N) is 2. The molecular formula is C26H18F2N4O5. The normalized spacial score (nSPS) is 13.0. The van der Waals surface area contributed by atoms with Crippen molar-refractivity contribution < 1.29 is 23.4 Å². The number of hydrogen-bond donors (Lipinski definition) is 3. The lowest BCUT2D eigenvalue weighted by Gasteiger charge is -2.20. The van der Waals surface area contributed by atoms with E-state index in [2.05, 4.69) is 15.0 Å². The van der Waals surface area contributed by atoms with Crippen LogP contribution in [0.1, 0.15) is 28.0 Å². The summed E-state index contributed by atoms with van der Waals surface area (Å²) in [4.78, 5) is 46.7. The maximum absolute atomic E-state index is 15.2. The molecule has 2 aromatic carbocycles. The maximum atomic E-state index is 15.2. The molecule has 6 rings (SSSR count). The van der Waals surface area contributed by atoms with Crippen LogP contribution in [0.3, 0.4) is 0 Å². The third-order valence-corrected chi connectivity index (χ3v) is 6.60. The summed E-state index contributed by atoms with van der Waals surface area (Å²) < 4.78 is 37.5. The van der Waals surface area contributed by atoms with E-state index in [-0.39, 0.29) is 62.0 Å². The molecule has 4 heterocycles. The molecule has 37 heavy (non-hydrogen) atoms. The molecule has 186 valence electrons. The lowest BCUT2D eigenvalue weighted by atomic mass is 9.97. The molecule has 11 heteroatoms.